The lowest BCUT2D eigenvalue weighted by molar-refractivity contribution is 0.0696. The van der Waals surface area contributed by atoms with Crippen molar-refractivity contribution in [2.45, 2.75) is 13.2 Å². The van der Waals surface area contributed by atoms with Crippen LogP contribution in [0.2, 0.25) is 0 Å². The summed E-state index contributed by atoms with van der Waals surface area (Å²) in [7, 11) is 0. The number of aliphatic hydroxyl groups is 1. The van der Waals surface area contributed by atoms with Crippen LogP contribution in [-0.2, 0) is 13.2 Å². The van der Waals surface area contributed by atoms with Crippen molar-refractivity contribution in [3.8, 4) is 5.75 Å². The first-order valence-corrected chi connectivity index (χ1v) is 5.84. The molecule has 98 valence electrons. The molecule has 0 amide bonds. The monoisotopic (exact) mass is 258 g/mol. The third kappa shape index (κ3) is 3.33. The number of hydrogen-bond acceptors (Lipinski definition) is 3. The van der Waals surface area contributed by atoms with Crippen LogP contribution in [0.1, 0.15) is 21.5 Å². The molecule has 0 aliphatic rings. The van der Waals surface area contributed by atoms with Crippen molar-refractivity contribution in [2.75, 3.05) is 0 Å². The number of rotatable bonds is 5. The summed E-state index contributed by atoms with van der Waals surface area (Å²) in [6.45, 7) is 0.170. The fourth-order valence-electron chi connectivity index (χ4n) is 1.73. The Kier molecular flexibility index (Phi) is 4.15. The van der Waals surface area contributed by atoms with Crippen LogP contribution in [0, 0.1) is 0 Å². The molecule has 0 aromatic heterocycles. The van der Waals surface area contributed by atoms with Gasteiger partial charge in [-0.25, -0.2) is 4.79 Å². The van der Waals surface area contributed by atoms with E-state index in [0.29, 0.717) is 11.3 Å². The van der Waals surface area contributed by atoms with Gasteiger partial charge in [-0.15, -0.1) is 0 Å². The summed E-state index contributed by atoms with van der Waals surface area (Å²) in [6.07, 6.45) is 0. The van der Waals surface area contributed by atoms with Crippen molar-refractivity contribution >= 4 is 5.97 Å². The number of carbonyl (C=O) groups is 1. The number of aliphatic hydroxyl groups excluding tert-OH is 1. The Hall–Kier alpha value is -2.33. The molecule has 0 heterocycles. The predicted octanol–water partition coefficient (Wildman–Crippen LogP) is 2.46. The van der Waals surface area contributed by atoms with E-state index < -0.39 is 5.97 Å². The van der Waals surface area contributed by atoms with Gasteiger partial charge in [0.25, 0.3) is 0 Å². The van der Waals surface area contributed by atoms with Crippen LogP contribution in [0.4, 0.5) is 0 Å². The van der Waals surface area contributed by atoms with Crippen LogP contribution in [0.3, 0.4) is 0 Å². The third-order valence-corrected chi connectivity index (χ3v) is 2.71. The number of carboxylic acid groups (broad SMARTS) is 1. The van der Waals surface area contributed by atoms with E-state index in [0.717, 1.165) is 5.56 Å². The first-order chi connectivity index (χ1) is 9.20. The lowest BCUT2D eigenvalue weighted by atomic mass is 10.1. The fraction of sp³-hybridized carbons (Fsp3) is 0.133. The Morgan fingerprint density at radius 2 is 1.89 bits per heavy atom. The Bertz CT molecular complexity index is 578. The van der Waals surface area contributed by atoms with Gasteiger partial charge in [-0.05, 0) is 23.8 Å². The van der Waals surface area contributed by atoms with Crippen LogP contribution >= 0.6 is 0 Å². The van der Waals surface area contributed by atoms with Crippen molar-refractivity contribution in [1.29, 1.82) is 0 Å². The van der Waals surface area contributed by atoms with Gasteiger partial charge >= 0.3 is 5.97 Å². The molecule has 0 atom stereocenters. The Morgan fingerprint density at radius 3 is 2.63 bits per heavy atom. The van der Waals surface area contributed by atoms with Gasteiger partial charge in [0.1, 0.15) is 12.4 Å². The van der Waals surface area contributed by atoms with Crippen molar-refractivity contribution in [2.24, 2.45) is 0 Å². The van der Waals surface area contributed by atoms with Crippen LogP contribution in [0.5, 0.6) is 5.75 Å². The number of para-hydroxylation sites is 1. The van der Waals surface area contributed by atoms with E-state index in [1.165, 1.54) is 6.07 Å². The summed E-state index contributed by atoms with van der Waals surface area (Å²) in [6, 6.07) is 13.8. The van der Waals surface area contributed by atoms with Gasteiger partial charge in [0.05, 0.1) is 12.2 Å². The minimum absolute atomic E-state index is 0.0919. The zero-order valence-electron chi connectivity index (χ0n) is 10.2. The molecule has 2 aromatic carbocycles. The van der Waals surface area contributed by atoms with Crippen molar-refractivity contribution in [3.05, 3.63) is 65.2 Å². The highest BCUT2D eigenvalue weighted by molar-refractivity contribution is 5.87. The predicted molar refractivity (Wildman–Crippen MR) is 70.1 cm³/mol. The van der Waals surface area contributed by atoms with Gasteiger partial charge in [-0.2, -0.15) is 0 Å². The molecule has 0 bridgehead atoms. The summed E-state index contributed by atoms with van der Waals surface area (Å²) < 4.78 is 5.60. The van der Waals surface area contributed by atoms with Gasteiger partial charge in [0, 0.05) is 5.56 Å². The van der Waals surface area contributed by atoms with Crippen molar-refractivity contribution in [1.82, 2.24) is 0 Å². The summed E-state index contributed by atoms with van der Waals surface area (Å²) in [5.41, 5.74) is 1.71. The second-order valence-electron chi connectivity index (χ2n) is 4.06. The molecule has 19 heavy (non-hydrogen) atoms. The maximum atomic E-state index is 10.9. The van der Waals surface area contributed by atoms with E-state index >= 15 is 0 Å². The standard InChI is InChI=1S/C15H14O4/c16-9-13-5-1-2-7-14(13)19-10-11-4-3-6-12(8-11)15(17)18/h1-8,16H,9-10H2,(H,17,18). The number of hydrogen-bond donors (Lipinski definition) is 2. The maximum Gasteiger partial charge on any atom is 0.335 e. The molecule has 0 radical (unpaired) electrons. The summed E-state index contributed by atoms with van der Waals surface area (Å²) in [5, 5.41) is 18.1. The minimum atomic E-state index is -0.961. The minimum Gasteiger partial charge on any atom is -0.489 e. The van der Waals surface area contributed by atoms with Crippen LogP contribution in [0.15, 0.2) is 48.5 Å². The molecule has 0 aliphatic heterocycles. The van der Waals surface area contributed by atoms with Gasteiger partial charge in [-0.3, -0.25) is 0 Å². The van der Waals surface area contributed by atoms with Gasteiger partial charge in [-0.1, -0.05) is 30.3 Å². The molecule has 0 fully saturated rings. The first-order valence-electron chi connectivity index (χ1n) is 5.84. The molecule has 2 rings (SSSR count). The Morgan fingerprint density at radius 1 is 1.11 bits per heavy atom. The van der Waals surface area contributed by atoms with Gasteiger partial charge in [0.2, 0.25) is 0 Å². The Labute approximate surface area is 110 Å². The summed E-state index contributed by atoms with van der Waals surface area (Å²) >= 11 is 0. The van der Waals surface area contributed by atoms with Crippen LogP contribution < -0.4 is 4.74 Å². The zero-order valence-corrected chi connectivity index (χ0v) is 10.2. The van der Waals surface area contributed by atoms with Crippen LogP contribution in [-0.4, -0.2) is 16.2 Å². The number of benzene rings is 2. The molecular formula is C15H14O4. The first kappa shape index (κ1) is 13.1. The molecule has 4 heteroatoms. The second kappa shape index (κ2) is 6.02. The zero-order chi connectivity index (χ0) is 13.7. The third-order valence-electron chi connectivity index (χ3n) is 2.71. The lowest BCUT2D eigenvalue weighted by Crippen LogP contribution is -2.01. The number of ether oxygens (including phenoxy) is 1. The average Bonchev–Trinajstić information content (AvgIpc) is 2.45. The van der Waals surface area contributed by atoms with E-state index in [2.05, 4.69) is 0 Å². The number of aromatic carboxylic acids is 1. The van der Waals surface area contributed by atoms with E-state index in [1.807, 2.05) is 12.1 Å². The topological polar surface area (TPSA) is 66.8 Å². The largest absolute Gasteiger partial charge is 0.489 e. The van der Waals surface area contributed by atoms with Gasteiger partial charge < -0.3 is 14.9 Å². The second-order valence-corrected chi connectivity index (χ2v) is 4.06. The molecular weight excluding hydrogens is 244 g/mol. The lowest BCUT2D eigenvalue weighted by Gasteiger charge is -2.10. The van der Waals surface area contributed by atoms with Crippen LogP contribution in [0.25, 0.3) is 0 Å². The summed E-state index contributed by atoms with van der Waals surface area (Å²) in [5.74, 6) is -0.358. The Balaban J connectivity index is 2.10. The molecule has 2 N–H and O–H groups in total. The normalized spacial score (nSPS) is 10.2. The highest BCUT2D eigenvalue weighted by atomic mass is 16.5. The molecule has 4 nitrogen and oxygen atoms in total. The van der Waals surface area contributed by atoms with E-state index in [-0.39, 0.29) is 18.8 Å². The molecule has 0 saturated carbocycles. The van der Waals surface area contributed by atoms with E-state index in [1.54, 1.807) is 30.3 Å². The number of carboxylic acids is 1. The average molecular weight is 258 g/mol. The van der Waals surface area contributed by atoms with Crippen molar-refractivity contribution in [3.63, 3.8) is 0 Å². The summed E-state index contributed by atoms with van der Waals surface area (Å²) in [4.78, 5) is 10.9. The molecule has 0 saturated heterocycles. The highest BCUT2D eigenvalue weighted by Crippen LogP contribution is 2.19. The quantitative estimate of drug-likeness (QED) is 0.864. The molecule has 0 spiro atoms. The van der Waals surface area contributed by atoms with E-state index in [9.17, 15) is 9.90 Å². The smallest absolute Gasteiger partial charge is 0.335 e. The maximum absolute atomic E-state index is 10.9. The highest BCUT2D eigenvalue weighted by Gasteiger charge is 2.05. The van der Waals surface area contributed by atoms with E-state index in [4.69, 9.17) is 9.84 Å². The van der Waals surface area contributed by atoms with Crippen molar-refractivity contribution < 1.29 is 19.7 Å². The SMILES string of the molecule is O=C(O)c1cccc(COc2ccccc2CO)c1. The molecule has 2 aromatic rings. The van der Waals surface area contributed by atoms with Gasteiger partial charge in [0.15, 0.2) is 0 Å². The molecule has 0 unspecified atom stereocenters. The fourth-order valence-corrected chi connectivity index (χ4v) is 1.73. The molecule has 0 aliphatic carbocycles.